The van der Waals surface area contributed by atoms with Crippen molar-refractivity contribution in [1.82, 2.24) is 9.78 Å². The minimum atomic E-state index is -4.95. The van der Waals surface area contributed by atoms with Crippen LogP contribution in [-0.2, 0) is 13.2 Å². The molecule has 92 valence electrons. The third kappa shape index (κ3) is 2.27. The minimum Gasteiger partial charge on any atom is -0.382 e. The lowest BCUT2D eigenvalue weighted by Crippen LogP contribution is -2.15. The van der Waals surface area contributed by atoms with Crippen LogP contribution in [0.25, 0.3) is 0 Å². The van der Waals surface area contributed by atoms with Crippen molar-refractivity contribution in [2.45, 2.75) is 18.7 Å². The topological polar surface area (TPSA) is 38.0 Å². The van der Waals surface area contributed by atoms with Crippen molar-refractivity contribution in [1.29, 1.82) is 0 Å². The van der Waals surface area contributed by atoms with Gasteiger partial charge in [-0.2, -0.15) is 18.3 Å². The van der Waals surface area contributed by atoms with Gasteiger partial charge in [0.15, 0.2) is 5.69 Å². The highest BCUT2D eigenvalue weighted by molar-refractivity contribution is 6.30. The zero-order valence-corrected chi connectivity index (χ0v) is 8.52. The summed E-state index contributed by atoms with van der Waals surface area (Å²) in [5, 5.41) is 11.2. The number of aryl methyl sites for hydroxylation is 1. The molecule has 1 aromatic rings. The van der Waals surface area contributed by atoms with Crippen molar-refractivity contribution in [3.05, 3.63) is 16.4 Å². The fraction of sp³-hybridized carbons (Fsp3) is 0.571. The van der Waals surface area contributed by atoms with E-state index in [1.165, 1.54) is 0 Å². The lowest BCUT2D eigenvalue weighted by atomic mass is 10.1. The second-order valence-electron chi connectivity index (χ2n) is 2.95. The Bertz CT molecular complexity index is 389. The second kappa shape index (κ2) is 4.17. The van der Waals surface area contributed by atoms with Crippen molar-refractivity contribution in [2.24, 2.45) is 7.05 Å². The average molecular weight is 265 g/mol. The van der Waals surface area contributed by atoms with Crippen LogP contribution in [0.5, 0.6) is 0 Å². The van der Waals surface area contributed by atoms with Crippen molar-refractivity contribution in [2.75, 3.05) is 0 Å². The van der Waals surface area contributed by atoms with Gasteiger partial charge in [0.05, 0.1) is 5.56 Å². The van der Waals surface area contributed by atoms with E-state index in [0.717, 1.165) is 7.05 Å². The van der Waals surface area contributed by atoms with E-state index in [9.17, 15) is 22.0 Å². The van der Waals surface area contributed by atoms with Crippen LogP contribution in [0.1, 0.15) is 17.4 Å². The molecule has 0 aliphatic heterocycles. The second-order valence-corrected chi connectivity index (χ2v) is 3.31. The van der Waals surface area contributed by atoms with Crippen LogP contribution in [0.4, 0.5) is 22.0 Å². The third-order valence-corrected chi connectivity index (χ3v) is 2.26. The number of nitrogens with zero attached hydrogens (tertiary/aromatic N) is 2. The number of alkyl halides is 5. The van der Waals surface area contributed by atoms with E-state index in [0.29, 0.717) is 4.68 Å². The average Bonchev–Trinajstić information content (AvgIpc) is 2.42. The fourth-order valence-electron chi connectivity index (χ4n) is 1.12. The summed E-state index contributed by atoms with van der Waals surface area (Å²) in [5.41, 5.74) is -2.71. The van der Waals surface area contributed by atoms with Crippen LogP contribution in [0.3, 0.4) is 0 Å². The van der Waals surface area contributed by atoms with Crippen molar-refractivity contribution in [3.63, 3.8) is 0 Å². The third-order valence-electron chi connectivity index (χ3n) is 1.81. The number of rotatable bonds is 2. The molecule has 3 nitrogen and oxygen atoms in total. The number of aliphatic hydroxyl groups excluding tert-OH is 1. The first-order chi connectivity index (χ1) is 7.16. The number of hydrogen-bond donors (Lipinski definition) is 1. The molecule has 1 rings (SSSR count). The minimum absolute atomic E-state index is 0.575. The summed E-state index contributed by atoms with van der Waals surface area (Å²) in [6, 6.07) is 0. The first-order valence-electron chi connectivity index (χ1n) is 3.92. The monoisotopic (exact) mass is 264 g/mol. The zero-order chi connectivity index (χ0) is 12.7. The van der Waals surface area contributed by atoms with Gasteiger partial charge in [0.1, 0.15) is 11.3 Å². The number of hydrogen-bond acceptors (Lipinski definition) is 2. The molecule has 0 aliphatic carbocycles. The van der Waals surface area contributed by atoms with Crippen molar-refractivity contribution in [3.8, 4) is 0 Å². The molecular formula is C7H6ClF5N2O. The molecule has 0 amide bonds. The Balaban J connectivity index is 3.36. The van der Waals surface area contributed by atoms with Crippen LogP contribution in [0.2, 0.25) is 5.15 Å². The molecule has 0 fully saturated rings. The van der Waals surface area contributed by atoms with E-state index in [1.54, 1.807) is 0 Å². The van der Waals surface area contributed by atoms with Gasteiger partial charge in [-0.1, -0.05) is 11.6 Å². The van der Waals surface area contributed by atoms with E-state index >= 15 is 0 Å². The molecule has 16 heavy (non-hydrogen) atoms. The Morgan fingerprint density at radius 2 is 1.88 bits per heavy atom. The SMILES string of the molecule is Cn1nc(C(F)(F)F)c(C(O)C(F)F)c1Cl. The maximum atomic E-state index is 12.4. The predicted octanol–water partition coefficient (Wildman–Crippen LogP) is 2.39. The summed E-state index contributed by atoms with van der Waals surface area (Å²) in [6.45, 7) is 0. The van der Waals surface area contributed by atoms with E-state index in [2.05, 4.69) is 5.10 Å². The van der Waals surface area contributed by atoms with Crippen LogP contribution in [0, 0.1) is 0 Å². The van der Waals surface area contributed by atoms with E-state index in [1.807, 2.05) is 0 Å². The normalized spacial score (nSPS) is 14.6. The summed E-state index contributed by atoms with van der Waals surface area (Å²) >= 11 is 5.37. The molecule has 1 heterocycles. The summed E-state index contributed by atoms with van der Waals surface area (Å²) in [6.07, 6.45) is -10.9. The molecule has 1 aromatic heterocycles. The number of halogens is 6. The summed E-state index contributed by atoms with van der Waals surface area (Å²) < 4.78 is 62.0. The quantitative estimate of drug-likeness (QED) is 0.833. The van der Waals surface area contributed by atoms with Crippen LogP contribution < -0.4 is 0 Å². The summed E-state index contributed by atoms with van der Waals surface area (Å²) in [7, 11) is 1.05. The summed E-state index contributed by atoms with van der Waals surface area (Å²) in [4.78, 5) is 0. The molecule has 1 N–H and O–H groups in total. The Labute approximate surface area is 91.4 Å². The van der Waals surface area contributed by atoms with E-state index in [4.69, 9.17) is 16.7 Å². The molecule has 0 bridgehead atoms. The van der Waals surface area contributed by atoms with E-state index in [-0.39, 0.29) is 0 Å². The number of aliphatic hydroxyl groups is 1. The highest BCUT2D eigenvalue weighted by Gasteiger charge is 2.42. The van der Waals surface area contributed by atoms with Gasteiger partial charge in [-0.25, -0.2) is 8.78 Å². The van der Waals surface area contributed by atoms with Crippen molar-refractivity contribution < 1.29 is 27.1 Å². The molecule has 1 atom stereocenters. The van der Waals surface area contributed by atoms with Crippen molar-refractivity contribution >= 4 is 11.6 Å². The van der Waals surface area contributed by atoms with Gasteiger partial charge in [0.25, 0.3) is 6.43 Å². The lowest BCUT2D eigenvalue weighted by molar-refractivity contribution is -0.144. The largest absolute Gasteiger partial charge is 0.435 e. The Kier molecular flexibility index (Phi) is 3.44. The molecule has 0 saturated carbocycles. The zero-order valence-electron chi connectivity index (χ0n) is 7.76. The highest BCUT2D eigenvalue weighted by atomic mass is 35.5. The maximum Gasteiger partial charge on any atom is 0.435 e. The van der Waals surface area contributed by atoms with Gasteiger partial charge in [-0.05, 0) is 0 Å². The van der Waals surface area contributed by atoms with E-state index < -0.39 is 35.1 Å². The Morgan fingerprint density at radius 3 is 2.25 bits per heavy atom. The van der Waals surface area contributed by atoms with Crippen LogP contribution >= 0.6 is 11.6 Å². The lowest BCUT2D eigenvalue weighted by Gasteiger charge is -2.11. The molecule has 0 radical (unpaired) electrons. The maximum absolute atomic E-state index is 12.4. The summed E-state index contributed by atoms with van der Waals surface area (Å²) in [5.74, 6) is 0. The van der Waals surface area contributed by atoms with Gasteiger partial charge < -0.3 is 5.11 Å². The molecule has 0 spiro atoms. The Morgan fingerprint density at radius 1 is 1.38 bits per heavy atom. The van der Waals surface area contributed by atoms with Gasteiger partial charge in [-0.15, -0.1) is 0 Å². The predicted molar refractivity (Wildman–Crippen MR) is 44.2 cm³/mol. The highest BCUT2D eigenvalue weighted by Crippen LogP contribution is 2.38. The molecule has 0 saturated heterocycles. The smallest absolute Gasteiger partial charge is 0.382 e. The Hall–Kier alpha value is -0.890. The first kappa shape index (κ1) is 13.2. The van der Waals surface area contributed by atoms with Gasteiger partial charge >= 0.3 is 6.18 Å². The standard InChI is InChI=1S/C7H6ClF5N2O/c1-15-5(8)2(3(16)6(9)10)4(14-15)7(11,12)13/h3,6,16H,1H3. The van der Waals surface area contributed by atoms with Gasteiger partial charge in [0.2, 0.25) is 0 Å². The molecule has 0 aliphatic rings. The molecule has 9 heteroatoms. The molecular weight excluding hydrogens is 259 g/mol. The molecule has 0 aromatic carbocycles. The van der Waals surface area contributed by atoms with Gasteiger partial charge in [0, 0.05) is 7.05 Å². The first-order valence-corrected chi connectivity index (χ1v) is 4.29. The molecule has 1 unspecified atom stereocenters. The van der Waals surface area contributed by atoms with Crippen LogP contribution in [-0.4, -0.2) is 21.3 Å². The van der Waals surface area contributed by atoms with Gasteiger partial charge in [-0.3, -0.25) is 4.68 Å². The van der Waals surface area contributed by atoms with Crippen LogP contribution in [0.15, 0.2) is 0 Å². The number of aromatic nitrogens is 2. The fourth-order valence-corrected chi connectivity index (χ4v) is 1.36.